The Bertz CT molecular complexity index is 756. The SMILES string of the molecule is Cn1nc(-c2ccc(Br)cc2)nc1S[C@H]1CCS(=O)(=O)C1. The van der Waals surface area contributed by atoms with Gasteiger partial charge < -0.3 is 0 Å². The molecule has 1 fully saturated rings. The molecule has 0 aliphatic carbocycles. The number of hydrogen-bond donors (Lipinski definition) is 0. The fourth-order valence-electron chi connectivity index (χ4n) is 2.20. The van der Waals surface area contributed by atoms with Crippen LogP contribution >= 0.6 is 27.7 Å². The number of rotatable bonds is 3. The van der Waals surface area contributed by atoms with E-state index in [1.807, 2.05) is 31.3 Å². The van der Waals surface area contributed by atoms with Crippen LogP contribution in [0.15, 0.2) is 33.9 Å². The summed E-state index contributed by atoms with van der Waals surface area (Å²) in [5.41, 5.74) is 0.944. The van der Waals surface area contributed by atoms with E-state index in [-0.39, 0.29) is 16.8 Å². The Labute approximate surface area is 136 Å². The minimum absolute atomic E-state index is 0.0793. The van der Waals surface area contributed by atoms with Crippen LogP contribution in [0.25, 0.3) is 11.4 Å². The second-order valence-corrected chi connectivity index (χ2v) is 9.40. The standard InChI is InChI=1S/C13H14BrN3O2S2/c1-17-13(20-11-6-7-21(18,19)8-11)15-12(16-17)9-2-4-10(14)5-3-9/h2-5,11H,6-8H2,1H3/t11-/m0/s1. The quantitative estimate of drug-likeness (QED) is 0.809. The number of sulfone groups is 1. The van der Waals surface area contributed by atoms with Crippen molar-refractivity contribution >= 4 is 37.5 Å². The van der Waals surface area contributed by atoms with Crippen molar-refractivity contribution in [3.8, 4) is 11.4 Å². The topological polar surface area (TPSA) is 64.8 Å². The summed E-state index contributed by atoms with van der Waals surface area (Å²) < 4.78 is 25.8. The highest BCUT2D eigenvalue weighted by Crippen LogP contribution is 2.31. The zero-order valence-corrected chi connectivity index (χ0v) is 14.6. The molecule has 1 aromatic heterocycles. The lowest BCUT2D eigenvalue weighted by Crippen LogP contribution is -2.07. The minimum Gasteiger partial charge on any atom is -0.243 e. The van der Waals surface area contributed by atoms with Crippen molar-refractivity contribution in [2.45, 2.75) is 16.8 Å². The lowest BCUT2D eigenvalue weighted by Gasteiger charge is -2.04. The zero-order valence-electron chi connectivity index (χ0n) is 11.4. The summed E-state index contributed by atoms with van der Waals surface area (Å²) in [6.07, 6.45) is 0.688. The van der Waals surface area contributed by atoms with Gasteiger partial charge in [-0.15, -0.1) is 0 Å². The van der Waals surface area contributed by atoms with Crippen LogP contribution in [0.4, 0.5) is 0 Å². The van der Waals surface area contributed by atoms with Gasteiger partial charge in [-0.3, -0.25) is 0 Å². The molecule has 21 heavy (non-hydrogen) atoms. The molecule has 2 aromatic rings. The third-order valence-electron chi connectivity index (χ3n) is 3.29. The molecule has 2 heterocycles. The van der Waals surface area contributed by atoms with E-state index in [1.54, 1.807) is 4.68 Å². The molecule has 8 heteroatoms. The molecule has 3 rings (SSSR count). The fourth-order valence-corrected chi connectivity index (χ4v) is 5.91. The maximum Gasteiger partial charge on any atom is 0.186 e. The van der Waals surface area contributed by atoms with Crippen molar-refractivity contribution in [3.63, 3.8) is 0 Å². The Kier molecular flexibility index (Phi) is 4.11. The van der Waals surface area contributed by atoms with Gasteiger partial charge in [-0.2, -0.15) is 5.10 Å². The zero-order chi connectivity index (χ0) is 15.0. The largest absolute Gasteiger partial charge is 0.243 e. The van der Waals surface area contributed by atoms with Crippen molar-refractivity contribution in [3.05, 3.63) is 28.7 Å². The average molecular weight is 388 g/mol. The molecule has 1 atom stereocenters. The van der Waals surface area contributed by atoms with Crippen molar-refractivity contribution < 1.29 is 8.42 Å². The first-order valence-electron chi connectivity index (χ1n) is 6.47. The van der Waals surface area contributed by atoms with E-state index >= 15 is 0 Å². The highest BCUT2D eigenvalue weighted by atomic mass is 79.9. The van der Waals surface area contributed by atoms with E-state index < -0.39 is 9.84 Å². The van der Waals surface area contributed by atoms with E-state index in [1.165, 1.54) is 11.8 Å². The van der Waals surface area contributed by atoms with Gasteiger partial charge in [0, 0.05) is 22.3 Å². The number of thioether (sulfide) groups is 1. The third kappa shape index (κ3) is 3.49. The van der Waals surface area contributed by atoms with Gasteiger partial charge in [0.25, 0.3) is 0 Å². The van der Waals surface area contributed by atoms with E-state index in [4.69, 9.17) is 0 Å². The Balaban J connectivity index is 1.80. The van der Waals surface area contributed by atoms with E-state index in [9.17, 15) is 8.42 Å². The lowest BCUT2D eigenvalue weighted by atomic mass is 10.2. The Hall–Kier alpha value is -0.860. The van der Waals surface area contributed by atoms with Crippen LogP contribution < -0.4 is 0 Å². The molecule has 112 valence electrons. The molecule has 0 radical (unpaired) electrons. The van der Waals surface area contributed by atoms with E-state index in [2.05, 4.69) is 26.0 Å². The molecule has 0 amide bonds. The van der Waals surface area contributed by atoms with E-state index in [0.717, 1.165) is 15.2 Å². The first-order chi connectivity index (χ1) is 9.93. The molecule has 1 aliphatic rings. The van der Waals surface area contributed by atoms with Crippen LogP contribution in [0.5, 0.6) is 0 Å². The van der Waals surface area contributed by atoms with Gasteiger partial charge in [0.2, 0.25) is 0 Å². The Morgan fingerprint density at radius 2 is 2.05 bits per heavy atom. The van der Waals surface area contributed by atoms with Gasteiger partial charge in [-0.25, -0.2) is 18.1 Å². The molecule has 0 spiro atoms. The molecule has 1 aliphatic heterocycles. The lowest BCUT2D eigenvalue weighted by molar-refractivity contribution is 0.602. The average Bonchev–Trinajstić information content (AvgIpc) is 2.94. The fraction of sp³-hybridized carbons (Fsp3) is 0.385. The van der Waals surface area contributed by atoms with Crippen molar-refractivity contribution in [1.29, 1.82) is 0 Å². The van der Waals surface area contributed by atoms with E-state index in [0.29, 0.717) is 12.2 Å². The van der Waals surface area contributed by atoms with Gasteiger partial charge in [0.1, 0.15) is 0 Å². The second-order valence-electron chi connectivity index (χ2n) is 4.99. The maximum atomic E-state index is 11.5. The summed E-state index contributed by atoms with van der Waals surface area (Å²) in [6, 6.07) is 7.80. The molecule has 0 unspecified atom stereocenters. The first-order valence-corrected chi connectivity index (χ1v) is 9.96. The summed E-state index contributed by atoms with van der Waals surface area (Å²) in [5, 5.41) is 5.25. The Morgan fingerprint density at radius 1 is 1.33 bits per heavy atom. The molecule has 0 saturated carbocycles. The number of hydrogen-bond acceptors (Lipinski definition) is 5. The van der Waals surface area contributed by atoms with Crippen LogP contribution in [0.1, 0.15) is 6.42 Å². The van der Waals surface area contributed by atoms with Gasteiger partial charge in [-0.05, 0) is 18.6 Å². The number of benzene rings is 1. The first kappa shape index (κ1) is 15.1. The highest BCUT2D eigenvalue weighted by Gasteiger charge is 2.29. The molecule has 0 bridgehead atoms. The molecule has 1 saturated heterocycles. The number of aromatic nitrogens is 3. The van der Waals surface area contributed by atoms with Crippen molar-refractivity contribution in [1.82, 2.24) is 14.8 Å². The summed E-state index contributed by atoms with van der Waals surface area (Å²) in [7, 11) is -1.03. The van der Waals surface area contributed by atoms with Crippen LogP contribution in [0, 0.1) is 0 Å². The molecular formula is C13H14BrN3O2S2. The predicted octanol–water partition coefficient (Wildman–Crippen LogP) is 2.52. The van der Waals surface area contributed by atoms with Crippen molar-refractivity contribution in [2.75, 3.05) is 11.5 Å². The van der Waals surface area contributed by atoms with Crippen LogP contribution in [-0.2, 0) is 16.9 Å². The summed E-state index contributed by atoms with van der Waals surface area (Å²) in [6.45, 7) is 0. The minimum atomic E-state index is -2.86. The summed E-state index contributed by atoms with van der Waals surface area (Å²) in [4.78, 5) is 4.53. The molecular weight excluding hydrogens is 374 g/mol. The molecule has 0 N–H and O–H groups in total. The normalized spacial score (nSPS) is 20.8. The number of halogens is 1. The van der Waals surface area contributed by atoms with Crippen LogP contribution in [-0.4, -0.2) is 39.9 Å². The smallest absolute Gasteiger partial charge is 0.186 e. The molecule has 1 aromatic carbocycles. The highest BCUT2D eigenvalue weighted by molar-refractivity contribution is 9.10. The van der Waals surface area contributed by atoms with Crippen molar-refractivity contribution in [2.24, 2.45) is 7.05 Å². The van der Waals surface area contributed by atoms with Crippen LogP contribution in [0.3, 0.4) is 0 Å². The monoisotopic (exact) mass is 387 g/mol. The molecule has 5 nitrogen and oxygen atoms in total. The predicted molar refractivity (Wildman–Crippen MR) is 87.1 cm³/mol. The van der Waals surface area contributed by atoms with Gasteiger partial charge in [0.05, 0.1) is 11.5 Å². The van der Waals surface area contributed by atoms with Gasteiger partial charge in [-0.1, -0.05) is 39.8 Å². The Morgan fingerprint density at radius 3 is 2.67 bits per heavy atom. The summed E-state index contributed by atoms with van der Waals surface area (Å²) in [5.74, 6) is 1.17. The third-order valence-corrected chi connectivity index (χ3v) is 7.10. The number of aryl methyl sites for hydroxylation is 1. The second kappa shape index (κ2) is 5.73. The maximum absolute atomic E-state index is 11.5. The summed E-state index contributed by atoms with van der Waals surface area (Å²) >= 11 is 4.90. The van der Waals surface area contributed by atoms with Gasteiger partial charge in [0.15, 0.2) is 20.8 Å². The van der Waals surface area contributed by atoms with Gasteiger partial charge >= 0.3 is 0 Å². The van der Waals surface area contributed by atoms with Crippen LogP contribution in [0.2, 0.25) is 0 Å². The number of nitrogens with zero attached hydrogens (tertiary/aromatic N) is 3.